The van der Waals surface area contributed by atoms with Crippen LogP contribution in [0.2, 0.25) is 0 Å². The first kappa shape index (κ1) is 27.9. The topological polar surface area (TPSA) is 127 Å². The predicted molar refractivity (Wildman–Crippen MR) is 163 cm³/mol. The Morgan fingerprint density at radius 3 is 2.47 bits per heavy atom. The Morgan fingerprint density at radius 1 is 1.02 bits per heavy atom. The van der Waals surface area contributed by atoms with Crippen molar-refractivity contribution >= 4 is 40.0 Å². The van der Waals surface area contributed by atoms with Crippen molar-refractivity contribution in [3.63, 3.8) is 0 Å². The van der Waals surface area contributed by atoms with Crippen LogP contribution < -0.4 is 15.9 Å². The summed E-state index contributed by atoms with van der Waals surface area (Å²) in [5.41, 5.74) is 5.01. The SMILES string of the molecule is Cc1cc2c3n1C(c1ccccc1)=CN(n1c(C)nc4cc(C(=O)N[C@H](C(=O)O)C(C)C)ccc4c1=O)C(=O)C3=CCC2. The maximum Gasteiger partial charge on any atom is 0.326 e. The first-order chi connectivity index (χ1) is 20.6. The van der Waals surface area contributed by atoms with Crippen LogP contribution in [0.3, 0.4) is 0 Å². The maximum absolute atomic E-state index is 14.2. The van der Waals surface area contributed by atoms with Crippen LogP contribution in [0, 0.1) is 19.8 Å². The Morgan fingerprint density at radius 2 is 1.77 bits per heavy atom. The smallest absolute Gasteiger partial charge is 0.326 e. The van der Waals surface area contributed by atoms with Crippen molar-refractivity contribution in [2.45, 2.75) is 46.6 Å². The molecule has 0 saturated carbocycles. The first-order valence-electron chi connectivity index (χ1n) is 14.2. The van der Waals surface area contributed by atoms with Crippen LogP contribution in [-0.2, 0) is 16.0 Å². The van der Waals surface area contributed by atoms with Crippen molar-refractivity contribution in [2.75, 3.05) is 5.01 Å². The number of amides is 2. The van der Waals surface area contributed by atoms with E-state index in [9.17, 15) is 24.3 Å². The van der Waals surface area contributed by atoms with Gasteiger partial charge in [0.25, 0.3) is 17.4 Å². The number of nitrogens with one attached hydrogen (secondary N) is 1. The normalized spacial score (nSPS) is 15.1. The third kappa shape index (κ3) is 4.64. The number of aromatic nitrogens is 3. The average molecular weight is 578 g/mol. The zero-order chi connectivity index (χ0) is 30.6. The summed E-state index contributed by atoms with van der Waals surface area (Å²) in [6, 6.07) is 15.2. The van der Waals surface area contributed by atoms with Crippen LogP contribution in [0.4, 0.5) is 0 Å². The molecule has 1 atom stereocenters. The highest BCUT2D eigenvalue weighted by Crippen LogP contribution is 2.37. The molecule has 1 aliphatic heterocycles. The van der Waals surface area contributed by atoms with E-state index in [2.05, 4.69) is 20.9 Å². The highest BCUT2D eigenvalue weighted by molar-refractivity contribution is 6.26. The molecule has 10 nitrogen and oxygen atoms in total. The third-order valence-electron chi connectivity index (χ3n) is 7.98. The van der Waals surface area contributed by atoms with Gasteiger partial charge in [0.1, 0.15) is 11.9 Å². The van der Waals surface area contributed by atoms with Gasteiger partial charge in [0.2, 0.25) is 0 Å². The van der Waals surface area contributed by atoms with Crippen molar-refractivity contribution < 1.29 is 19.5 Å². The molecule has 43 heavy (non-hydrogen) atoms. The van der Waals surface area contributed by atoms with Crippen molar-refractivity contribution in [2.24, 2.45) is 5.92 Å². The van der Waals surface area contributed by atoms with Gasteiger partial charge < -0.3 is 15.0 Å². The lowest BCUT2D eigenvalue weighted by molar-refractivity contribution is -0.140. The molecule has 2 aromatic carbocycles. The summed E-state index contributed by atoms with van der Waals surface area (Å²) in [6.45, 7) is 7.05. The molecule has 2 N–H and O–H groups in total. The number of rotatable bonds is 6. The van der Waals surface area contributed by atoms with Gasteiger partial charge in [-0.1, -0.05) is 50.3 Å². The van der Waals surface area contributed by atoms with Gasteiger partial charge in [-0.3, -0.25) is 14.4 Å². The highest BCUT2D eigenvalue weighted by Gasteiger charge is 2.34. The van der Waals surface area contributed by atoms with Gasteiger partial charge in [0, 0.05) is 16.8 Å². The van der Waals surface area contributed by atoms with Gasteiger partial charge in [-0.15, -0.1) is 0 Å². The molecule has 218 valence electrons. The van der Waals surface area contributed by atoms with Gasteiger partial charge in [-0.2, -0.15) is 4.68 Å². The molecular weight excluding hydrogens is 546 g/mol. The van der Waals surface area contributed by atoms with Crippen LogP contribution in [0.15, 0.2) is 71.7 Å². The highest BCUT2D eigenvalue weighted by atomic mass is 16.4. The van der Waals surface area contributed by atoms with Crippen molar-refractivity contribution in [3.8, 4) is 0 Å². The number of allylic oxidation sites excluding steroid dienone is 1. The number of benzene rings is 2. The molecule has 2 aromatic heterocycles. The number of hydrogen-bond donors (Lipinski definition) is 2. The van der Waals surface area contributed by atoms with E-state index in [1.165, 1.54) is 27.9 Å². The molecule has 6 rings (SSSR count). The fourth-order valence-electron chi connectivity index (χ4n) is 5.89. The largest absolute Gasteiger partial charge is 0.480 e. The zero-order valence-electron chi connectivity index (χ0n) is 24.3. The third-order valence-corrected chi connectivity index (χ3v) is 7.98. The van der Waals surface area contributed by atoms with Crippen LogP contribution >= 0.6 is 0 Å². The molecule has 2 aliphatic rings. The number of hydrogen-bond acceptors (Lipinski definition) is 5. The second-order valence-electron chi connectivity index (χ2n) is 11.2. The van der Waals surface area contributed by atoms with Crippen LogP contribution in [0.5, 0.6) is 0 Å². The maximum atomic E-state index is 14.2. The molecule has 3 heterocycles. The van der Waals surface area contributed by atoms with E-state index in [-0.39, 0.29) is 34.1 Å². The molecular formula is C33H31N5O5. The van der Waals surface area contributed by atoms with Gasteiger partial charge in [0.15, 0.2) is 0 Å². The monoisotopic (exact) mass is 577 g/mol. The minimum absolute atomic E-state index is 0.176. The van der Waals surface area contributed by atoms with Crippen molar-refractivity contribution in [1.29, 1.82) is 0 Å². The van der Waals surface area contributed by atoms with E-state index < -0.39 is 23.5 Å². The van der Waals surface area contributed by atoms with Gasteiger partial charge in [0.05, 0.1) is 34.1 Å². The van der Waals surface area contributed by atoms with Crippen LogP contribution in [0.1, 0.15) is 59.0 Å². The van der Waals surface area contributed by atoms with E-state index in [1.807, 2.05) is 43.3 Å². The summed E-state index contributed by atoms with van der Waals surface area (Å²) < 4.78 is 3.35. The Kier molecular flexibility index (Phi) is 6.84. The summed E-state index contributed by atoms with van der Waals surface area (Å²) in [5.74, 6) is -2.13. The Hall–Kier alpha value is -5.25. The Bertz CT molecular complexity index is 1950. The molecule has 0 spiro atoms. The summed E-state index contributed by atoms with van der Waals surface area (Å²) in [7, 11) is 0. The zero-order valence-corrected chi connectivity index (χ0v) is 24.3. The van der Waals surface area contributed by atoms with Crippen LogP contribution in [0.25, 0.3) is 22.2 Å². The lowest BCUT2D eigenvalue weighted by Gasteiger charge is -2.24. The number of aryl methyl sites for hydroxylation is 3. The molecule has 1 aliphatic carbocycles. The minimum atomic E-state index is -1.13. The number of fused-ring (bicyclic) bond motifs is 1. The fraction of sp³-hybridized carbons (Fsp3) is 0.242. The summed E-state index contributed by atoms with van der Waals surface area (Å²) in [6.07, 6.45) is 5.14. The second-order valence-corrected chi connectivity index (χ2v) is 11.2. The molecule has 2 amide bonds. The number of carboxylic acid groups (broad SMARTS) is 1. The molecule has 10 heteroatoms. The fourth-order valence-corrected chi connectivity index (χ4v) is 5.89. The molecule has 0 saturated heterocycles. The predicted octanol–water partition coefficient (Wildman–Crippen LogP) is 4.01. The number of carbonyl (C=O) groups excluding carboxylic acids is 2. The standard InChI is InChI=1S/C33H31N5O5/c1-18(2)28(33(42)43)35-30(39)23-13-14-24-26(16-23)34-20(4)38(32(24)41)36-17-27(21-9-6-5-7-10-21)37-19(3)15-22-11-8-12-25(29(22)37)31(36)40/h5-7,9-10,12-18,28H,8,11H2,1-4H3,(H,35,39)(H,42,43)/t28-/m0/s1. The van der Waals surface area contributed by atoms with Crippen molar-refractivity contribution in [1.82, 2.24) is 19.5 Å². The number of carboxylic acids is 1. The summed E-state index contributed by atoms with van der Waals surface area (Å²) >= 11 is 0. The van der Waals surface area contributed by atoms with Crippen molar-refractivity contribution in [3.05, 3.63) is 111 Å². The molecule has 0 bridgehead atoms. The quantitative estimate of drug-likeness (QED) is 0.357. The molecule has 0 fully saturated rings. The average Bonchev–Trinajstić information content (AvgIpc) is 3.25. The van der Waals surface area contributed by atoms with E-state index in [0.29, 0.717) is 12.0 Å². The summed E-state index contributed by atoms with van der Waals surface area (Å²) in [5, 5.41) is 13.6. The minimum Gasteiger partial charge on any atom is -0.480 e. The first-order valence-corrected chi connectivity index (χ1v) is 14.2. The van der Waals surface area contributed by atoms with E-state index in [1.54, 1.807) is 27.0 Å². The molecule has 0 radical (unpaired) electrons. The van der Waals surface area contributed by atoms with E-state index in [4.69, 9.17) is 0 Å². The van der Waals surface area contributed by atoms with Gasteiger partial charge >= 0.3 is 5.97 Å². The van der Waals surface area contributed by atoms with E-state index in [0.717, 1.165) is 34.6 Å². The number of nitrogens with zero attached hydrogens (tertiary/aromatic N) is 4. The lowest BCUT2D eigenvalue weighted by Crippen LogP contribution is -2.45. The Labute approximate surface area is 247 Å². The lowest BCUT2D eigenvalue weighted by atomic mass is 9.96. The summed E-state index contributed by atoms with van der Waals surface area (Å²) in [4.78, 5) is 57.4. The van der Waals surface area contributed by atoms with Gasteiger partial charge in [-0.25, -0.2) is 14.8 Å². The van der Waals surface area contributed by atoms with Gasteiger partial charge in [-0.05, 0) is 62.4 Å². The molecule has 0 unspecified atom stereocenters. The second kappa shape index (κ2) is 10.5. The van der Waals surface area contributed by atoms with E-state index >= 15 is 0 Å². The molecule has 4 aromatic rings. The number of aliphatic carboxylic acids is 1. The number of carbonyl (C=O) groups is 3. The Balaban J connectivity index is 1.49. The van der Waals surface area contributed by atoms with Crippen LogP contribution in [-0.4, -0.2) is 43.2 Å².